The number of halogens is 2. The van der Waals surface area contributed by atoms with Crippen molar-refractivity contribution in [3.05, 3.63) is 34.6 Å². The van der Waals surface area contributed by atoms with Gasteiger partial charge >= 0.3 is 0 Å². The van der Waals surface area contributed by atoms with Crippen LogP contribution in [0.5, 0.6) is 0 Å². The second-order valence-corrected chi connectivity index (χ2v) is 6.02. The van der Waals surface area contributed by atoms with Gasteiger partial charge in [0, 0.05) is 16.2 Å². The first-order chi connectivity index (χ1) is 6.29. The van der Waals surface area contributed by atoms with Crippen molar-refractivity contribution < 1.29 is 12.8 Å². The van der Waals surface area contributed by atoms with Gasteiger partial charge in [-0.3, -0.25) is 0 Å². The molecule has 0 spiro atoms. The molecule has 0 unspecified atom stereocenters. The molecule has 1 aromatic rings. The van der Waals surface area contributed by atoms with Crippen LogP contribution in [-0.2, 0) is 14.8 Å². The maximum Gasteiger partial charge on any atom is 0.236 e. The Labute approximate surface area is 87.1 Å². The highest BCUT2D eigenvalue weighted by Gasteiger charge is 2.13. The van der Waals surface area contributed by atoms with Gasteiger partial charge in [-0.15, -0.1) is 0 Å². The third-order valence-corrected chi connectivity index (χ3v) is 2.79. The fraction of sp³-hybridized carbons (Fsp3) is 0.333. The molecule has 14 heavy (non-hydrogen) atoms. The number of rotatable bonds is 2. The molecule has 0 heterocycles. The third-order valence-electron chi connectivity index (χ3n) is 1.80. The molecule has 5 heteroatoms. The molecule has 0 saturated carbocycles. The van der Waals surface area contributed by atoms with E-state index in [1.54, 1.807) is 19.9 Å². The molecule has 0 N–H and O–H groups in total. The molecule has 0 aliphatic rings. The molecular formula is C9H10ClFO2S. The Morgan fingerprint density at radius 1 is 1.36 bits per heavy atom. The summed E-state index contributed by atoms with van der Waals surface area (Å²) in [7, 11) is 1.35. The number of benzene rings is 1. The topological polar surface area (TPSA) is 34.1 Å². The van der Waals surface area contributed by atoms with E-state index in [4.69, 9.17) is 10.7 Å². The molecule has 0 aromatic heterocycles. The lowest BCUT2D eigenvalue weighted by Gasteiger charge is -2.05. The van der Waals surface area contributed by atoms with Crippen LogP contribution in [0.1, 0.15) is 16.7 Å². The second kappa shape index (κ2) is 3.87. The fourth-order valence-corrected chi connectivity index (χ4v) is 2.26. The second-order valence-electron chi connectivity index (χ2n) is 3.24. The third kappa shape index (κ3) is 2.96. The van der Waals surface area contributed by atoms with Crippen LogP contribution in [0.2, 0.25) is 0 Å². The van der Waals surface area contributed by atoms with E-state index in [1.807, 2.05) is 0 Å². The zero-order valence-electron chi connectivity index (χ0n) is 7.84. The van der Waals surface area contributed by atoms with Crippen LogP contribution in [0.15, 0.2) is 12.1 Å². The van der Waals surface area contributed by atoms with E-state index in [-0.39, 0.29) is 5.56 Å². The van der Waals surface area contributed by atoms with Crippen LogP contribution < -0.4 is 0 Å². The predicted octanol–water partition coefficient (Wildman–Crippen LogP) is 2.51. The Kier molecular flexibility index (Phi) is 3.17. The molecule has 0 aliphatic carbocycles. The zero-order chi connectivity index (χ0) is 10.9. The summed E-state index contributed by atoms with van der Waals surface area (Å²) in [5.74, 6) is -0.969. The van der Waals surface area contributed by atoms with Crippen molar-refractivity contribution in [3.63, 3.8) is 0 Å². The van der Waals surface area contributed by atoms with Crippen molar-refractivity contribution in [2.75, 3.05) is 0 Å². The van der Waals surface area contributed by atoms with Crippen molar-refractivity contribution in [2.45, 2.75) is 19.6 Å². The van der Waals surface area contributed by atoms with Crippen molar-refractivity contribution in [1.29, 1.82) is 0 Å². The van der Waals surface area contributed by atoms with Crippen molar-refractivity contribution in [2.24, 2.45) is 0 Å². The molecule has 78 valence electrons. The highest BCUT2D eigenvalue weighted by molar-refractivity contribution is 8.13. The van der Waals surface area contributed by atoms with Gasteiger partial charge < -0.3 is 0 Å². The maximum atomic E-state index is 13.4. The zero-order valence-corrected chi connectivity index (χ0v) is 9.41. The summed E-state index contributed by atoms with van der Waals surface area (Å²) in [5, 5.41) is 0. The summed E-state index contributed by atoms with van der Waals surface area (Å²) in [6, 6.07) is 3.14. The monoisotopic (exact) mass is 236 g/mol. The molecule has 2 nitrogen and oxygen atoms in total. The molecule has 0 amide bonds. The highest BCUT2D eigenvalue weighted by Crippen LogP contribution is 2.18. The van der Waals surface area contributed by atoms with Crippen LogP contribution >= 0.6 is 10.7 Å². The largest absolute Gasteiger partial charge is 0.236 e. The van der Waals surface area contributed by atoms with Crippen LogP contribution in [-0.4, -0.2) is 8.42 Å². The van der Waals surface area contributed by atoms with Gasteiger partial charge in [-0.2, -0.15) is 0 Å². The summed E-state index contributed by atoms with van der Waals surface area (Å²) in [6.07, 6.45) is 0. The molecule has 0 saturated heterocycles. The van der Waals surface area contributed by atoms with Crippen LogP contribution in [0.4, 0.5) is 4.39 Å². The molecule has 0 radical (unpaired) electrons. The van der Waals surface area contributed by atoms with Gasteiger partial charge in [0.25, 0.3) is 0 Å². The average molecular weight is 237 g/mol. The lowest BCUT2D eigenvalue weighted by Crippen LogP contribution is -2.00. The van der Waals surface area contributed by atoms with Crippen LogP contribution in [0.3, 0.4) is 0 Å². The quantitative estimate of drug-likeness (QED) is 0.740. The average Bonchev–Trinajstić information content (AvgIpc) is 1.96. The molecule has 1 rings (SSSR count). The lowest BCUT2D eigenvalue weighted by atomic mass is 10.1. The number of hydrogen-bond donors (Lipinski definition) is 0. The first-order valence-corrected chi connectivity index (χ1v) is 6.45. The molecular weight excluding hydrogens is 227 g/mol. The molecule has 0 bridgehead atoms. The van der Waals surface area contributed by atoms with Gasteiger partial charge in [-0.05, 0) is 19.4 Å². The SMILES string of the molecule is Cc1cc(C)c(F)c(CS(=O)(=O)Cl)c1. The Balaban J connectivity index is 3.22. The van der Waals surface area contributed by atoms with E-state index in [1.165, 1.54) is 6.07 Å². The highest BCUT2D eigenvalue weighted by atomic mass is 35.7. The number of aryl methyl sites for hydroxylation is 2. The molecule has 0 fully saturated rings. The Bertz CT molecular complexity index is 454. The first-order valence-electron chi connectivity index (χ1n) is 3.97. The lowest BCUT2D eigenvalue weighted by molar-refractivity contribution is 0.593. The summed E-state index contributed by atoms with van der Waals surface area (Å²) < 4.78 is 34.9. The standard InChI is InChI=1S/C9H10ClFO2S/c1-6-3-7(2)9(11)8(4-6)5-14(10,12)13/h3-4H,5H2,1-2H3. The van der Waals surface area contributed by atoms with Gasteiger partial charge in [0.2, 0.25) is 9.05 Å². The Morgan fingerprint density at radius 2 is 1.93 bits per heavy atom. The normalized spacial score (nSPS) is 11.7. The smallest absolute Gasteiger partial charge is 0.212 e. The first kappa shape index (κ1) is 11.5. The fourth-order valence-electron chi connectivity index (χ4n) is 1.33. The van der Waals surface area contributed by atoms with Gasteiger partial charge in [0.1, 0.15) is 5.82 Å². The minimum Gasteiger partial charge on any atom is -0.212 e. The van der Waals surface area contributed by atoms with E-state index in [2.05, 4.69) is 0 Å². The molecule has 0 atom stereocenters. The van der Waals surface area contributed by atoms with Crippen molar-refractivity contribution >= 4 is 19.7 Å². The van der Waals surface area contributed by atoms with Gasteiger partial charge in [0.05, 0.1) is 5.75 Å². The minimum atomic E-state index is -3.70. The van der Waals surface area contributed by atoms with E-state index in [9.17, 15) is 12.8 Å². The minimum absolute atomic E-state index is 0.123. The number of hydrogen-bond acceptors (Lipinski definition) is 2. The summed E-state index contributed by atoms with van der Waals surface area (Å²) in [4.78, 5) is 0. The predicted molar refractivity (Wildman–Crippen MR) is 54.4 cm³/mol. The Morgan fingerprint density at radius 3 is 2.43 bits per heavy atom. The molecule has 1 aromatic carbocycles. The van der Waals surface area contributed by atoms with Gasteiger partial charge in [-0.1, -0.05) is 17.7 Å². The maximum absolute atomic E-state index is 13.4. The van der Waals surface area contributed by atoms with E-state index < -0.39 is 20.6 Å². The van der Waals surface area contributed by atoms with E-state index >= 15 is 0 Å². The van der Waals surface area contributed by atoms with Crippen molar-refractivity contribution in [1.82, 2.24) is 0 Å². The molecule has 0 aliphatic heterocycles. The van der Waals surface area contributed by atoms with Gasteiger partial charge in [-0.25, -0.2) is 12.8 Å². The van der Waals surface area contributed by atoms with E-state index in [0.29, 0.717) is 5.56 Å². The summed E-state index contributed by atoms with van der Waals surface area (Å²) in [6.45, 7) is 3.36. The summed E-state index contributed by atoms with van der Waals surface area (Å²) >= 11 is 0. The summed E-state index contributed by atoms with van der Waals surface area (Å²) in [5.41, 5.74) is 1.37. The van der Waals surface area contributed by atoms with Gasteiger partial charge in [0.15, 0.2) is 0 Å². The van der Waals surface area contributed by atoms with Crippen molar-refractivity contribution in [3.8, 4) is 0 Å². The van der Waals surface area contributed by atoms with Crippen LogP contribution in [0.25, 0.3) is 0 Å². The van der Waals surface area contributed by atoms with Crippen LogP contribution in [0, 0.1) is 19.7 Å². The van der Waals surface area contributed by atoms with E-state index in [0.717, 1.165) is 5.56 Å². The Hall–Kier alpha value is -0.610.